The molecule has 2 aromatic heterocycles. The molecule has 0 atom stereocenters. The van der Waals surface area contributed by atoms with E-state index in [1.54, 1.807) is 0 Å². The fraction of sp³-hybridized carbons (Fsp3) is 0.0811. The van der Waals surface area contributed by atoms with Gasteiger partial charge in [-0.05, 0) is 73.4 Å². The van der Waals surface area contributed by atoms with Crippen molar-refractivity contribution in [3.8, 4) is 22.5 Å². The minimum absolute atomic E-state index is 1.04. The largest absolute Gasteiger partial charge is 0.313 e. The van der Waals surface area contributed by atoms with Gasteiger partial charge in [0.2, 0.25) is 0 Å². The number of benzene rings is 4. The van der Waals surface area contributed by atoms with Crippen LogP contribution in [0.15, 0.2) is 116 Å². The number of aromatic nitrogens is 2. The first kappa shape index (κ1) is 23.3. The lowest BCUT2D eigenvalue weighted by Crippen LogP contribution is -2.04. The molecule has 1 aliphatic rings. The quantitative estimate of drug-likeness (QED) is 0.222. The zero-order valence-electron chi connectivity index (χ0n) is 22.1. The fourth-order valence-electron chi connectivity index (χ4n) is 6.17. The molecule has 6 aromatic rings. The first-order valence-electron chi connectivity index (χ1n) is 13.7. The van der Waals surface area contributed by atoms with Crippen LogP contribution in [0, 0.1) is 0 Å². The predicted octanol–water partition coefficient (Wildman–Crippen LogP) is 9.88. The second kappa shape index (κ2) is 9.49. The van der Waals surface area contributed by atoms with Gasteiger partial charge in [-0.1, -0.05) is 91.5 Å². The minimum atomic E-state index is 1.04. The molecule has 7 rings (SSSR count). The summed E-state index contributed by atoms with van der Waals surface area (Å²) in [6.07, 6.45) is 12.9. The van der Waals surface area contributed by atoms with E-state index in [1.807, 2.05) is 6.08 Å². The molecule has 0 N–H and O–H groups in total. The summed E-state index contributed by atoms with van der Waals surface area (Å²) in [5, 5.41) is 2.57. The first-order valence-corrected chi connectivity index (χ1v) is 13.7. The van der Waals surface area contributed by atoms with Gasteiger partial charge in [0.25, 0.3) is 0 Å². The third-order valence-corrected chi connectivity index (χ3v) is 7.91. The van der Waals surface area contributed by atoms with Crippen molar-refractivity contribution in [2.24, 2.45) is 0 Å². The standard InChI is InChI=1S/C37H30N2/c1-3-11-34-30(4-2)31-12-5-8-15-35(31)38(34)28-22-18-26(19-23-28)27-20-24-29(25-21-27)39-36-16-9-6-13-32(36)33-14-7-10-17-37(33)39/h3-7,9-14,16-25H,2,8,15H2,1H3/b11-3-. The molecule has 0 saturated carbocycles. The molecule has 0 radical (unpaired) electrons. The molecule has 0 bridgehead atoms. The van der Waals surface area contributed by atoms with Crippen molar-refractivity contribution in [2.75, 3.05) is 0 Å². The molecule has 0 amide bonds. The molecule has 0 unspecified atom stereocenters. The number of hydrogen-bond acceptors (Lipinski definition) is 0. The third-order valence-electron chi connectivity index (χ3n) is 7.91. The molecule has 2 heterocycles. The Kier molecular flexibility index (Phi) is 5.67. The molecule has 0 fully saturated rings. The fourth-order valence-corrected chi connectivity index (χ4v) is 6.17. The second-order valence-corrected chi connectivity index (χ2v) is 10.1. The van der Waals surface area contributed by atoms with Crippen LogP contribution >= 0.6 is 0 Å². The van der Waals surface area contributed by atoms with Crippen LogP contribution in [0.25, 0.3) is 62.5 Å². The maximum atomic E-state index is 4.12. The van der Waals surface area contributed by atoms with Crippen LogP contribution in [0.3, 0.4) is 0 Å². The smallest absolute Gasteiger partial charge is 0.0541 e. The van der Waals surface area contributed by atoms with Gasteiger partial charge in [-0.3, -0.25) is 0 Å². The zero-order chi connectivity index (χ0) is 26.3. The van der Waals surface area contributed by atoms with Crippen LogP contribution in [-0.4, -0.2) is 9.13 Å². The normalized spacial score (nSPS) is 12.9. The molecule has 4 aromatic carbocycles. The van der Waals surface area contributed by atoms with Crippen molar-refractivity contribution in [3.05, 3.63) is 138 Å². The number of fused-ring (bicyclic) bond motifs is 4. The van der Waals surface area contributed by atoms with Crippen molar-refractivity contribution in [2.45, 2.75) is 19.8 Å². The van der Waals surface area contributed by atoms with E-state index in [9.17, 15) is 0 Å². The summed E-state index contributed by atoms with van der Waals surface area (Å²) in [6, 6.07) is 35.2. The molecule has 0 saturated heterocycles. The number of hydrogen-bond donors (Lipinski definition) is 0. The van der Waals surface area contributed by atoms with E-state index in [2.05, 4.69) is 144 Å². The number of para-hydroxylation sites is 2. The highest BCUT2D eigenvalue weighted by Crippen LogP contribution is 2.35. The van der Waals surface area contributed by atoms with Crippen LogP contribution in [-0.2, 0) is 6.42 Å². The van der Waals surface area contributed by atoms with E-state index in [4.69, 9.17) is 0 Å². The third kappa shape index (κ3) is 3.72. The highest BCUT2D eigenvalue weighted by Gasteiger charge is 2.20. The van der Waals surface area contributed by atoms with E-state index in [0.29, 0.717) is 0 Å². The van der Waals surface area contributed by atoms with Crippen molar-refractivity contribution >= 4 is 40.0 Å². The van der Waals surface area contributed by atoms with Crippen molar-refractivity contribution < 1.29 is 0 Å². The van der Waals surface area contributed by atoms with Gasteiger partial charge in [-0.25, -0.2) is 0 Å². The molecule has 2 heteroatoms. The number of nitrogens with zero attached hydrogens (tertiary/aromatic N) is 2. The van der Waals surface area contributed by atoms with Gasteiger partial charge in [0.15, 0.2) is 0 Å². The molecule has 188 valence electrons. The summed E-state index contributed by atoms with van der Waals surface area (Å²) >= 11 is 0. The Balaban J connectivity index is 1.27. The van der Waals surface area contributed by atoms with Gasteiger partial charge in [-0.2, -0.15) is 0 Å². The molecule has 2 nitrogen and oxygen atoms in total. The Labute approximate surface area is 229 Å². The van der Waals surface area contributed by atoms with Gasteiger partial charge in [0.05, 0.1) is 16.7 Å². The molecule has 0 aliphatic heterocycles. The van der Waals surface area contributed by atoms with Crippen molar-refractivity contribution in [1.29, 1.82) is 0 Å². The number of rotatable bonds is 5. The lowest BCUT2D eigenvalue weighted by molar-refractivity contribution is 0.870. The number of allylic oxidation sites excluding steroid dienone is 2. The molecule has 1 aliphatic carbocycles. The van der Waals surface area contributed by atoms with Gasteiger partial charge in [-0.15, -0.1) is 0 Å². The van der Waals surface area contributed by atoms with E-state index < -0.39 is 0 Å². The topological polar surface area (TPSA) is 9.86 Å². The molecular formula is C37H30N2. The summed E-state index contributed by atoms with van der Waals surface area (Å²) in [7, 11) is 0. The van der Waals surface area contributed by atoms with Crippen LogP contribution < -0.4 is 0 Å². The Morgan fingerprint density at radius 3 is 1.82 bits per heavy atom. The molecular weight excluding hydrogens is 472 g/mol. The first-order chi connectivity index (χ1) is 19.3. The summed E-state index contributed by atoms with van der Waals surface area (Å²) in [6.45, 7) is 6.19. The van der Waals surface area contributed by atoms with Crippen LogP contribution in [0.1, 0.15) is 35.9 Å². The lowest BCUT2D eigenvalue weighted by Gasteiger charge is -2.15. The second-order valence-electron chi connectivity index (χ2n) is 10.1. The molecule has 0 spiro atoms. The lowest BCUT2D eigenvalue weighted by atomic mass is 10.0. The van der Waals surface area contributed by atoms with E-state index in [-0.39, 0.29) is 0 Å². The monoisotopic (exact) mass is 502 g/mol. The van der Waals surface area contributed by atoms with Gasteiger partial charge in [0.1, 0.15) is 0 Å². The highest BCUT2D eigenvalue weighted by atomic mass is 15.0. The van der Waals surface area contributed by atoms with E-state index in [0.717, 1.165) is 12.8 Å². The van der Waals surface area contributed by atoms with Crippen LogP contribution in [0.2, 0.25) is 0 Å². The summed E-state index contributed by atoms with van der Waals surface area (Å²) in [5.41, 5.74) is 12.3. The van der Waals surface area contributed by atoms with Crippen LogP contribution in [0.4, 0.5) is 0 Å². The summed E-state index contributed by atoms with van der Waals surface area (Å²) in [5.74, 6) is 0. The average Bonchev–Trinajstić information content (AvgIpc) is 3.50. The molecule has 39 heavy (non-hydrogen) atoms. The zero-order valence-corrected chi connectivity index (χ0v) is 22.1. The summed E-state index contributed by atoms with van der Waals surface area (Å²) in [4.78, 5) is 0. The minimum Gasteiger partial charge on any atom is -0.313 e. The Hall–Kier alpha value is -4.82. The predicted molar refractivity (Wildman–Crippen MR) is 168 cm³/mol. The van der Waals surface area contributed by atoms with E-state index >= 15 is 0 Å². The average molecular weight is 503 g/mol. The van der Waals surface area contributed by atoms with Gasteiger partial charge in [0, 0.05) is 39.0 Å². The van der Waals surface area contributed by atoms with Gasteiger partial charge >= 0.3 is 0 Å². The van der Waals surface area contributed by atoms with Gasteiger partial charge < -0.3 is 9.13 Å². The Bertz CT molecular complexity index is 1850. The summed E-state index contributed by atoms with van der Waals surface area (Å²) < 4.78 is 4.77. The van der Waals surface area contributed by atoms with Crippen molar-refractivity contribution in [1.82, 2.24) is 9.13 Å². The van der Waals surface area contributed by atoms with Crippen molar-refractivity contribution in [3.63, 3.8) is 0 Å². The maximum absolute atomic E-state index is 4.12. The Morgan fingerprint density at radius 2 is 1.26 bits per heavy atom. The van der Waals surface area contributed by atoms with E-state index in [1.165, 1.54) is 66.8 Å². The highest BCUT2D eigenvalue weighted by molar-refractivity contribution is 6.09. The maximum Gasteiger partial charge on any atom is 0.0541 e. The Morgan fingerprint density at radius 1 is 0.692 bits per heavy atom. The SMILES string of the molecule is C=Cc1c2c(n(-c3ccc(-c4ccc(-n5c6ccccc6c6ccccc65)cc4)cc3)c1/C=C\C)CCC=C2. The van der Waals surface area contributed by atoms with Crippen LogP contribution in [0.5, 0.6) is 0 Å².